The lowest BCUT2D eigenvalue weighted by atomic mass is 9.87. The van der Waals surface area contributed by atoms with E-state index in [2.05, 4.69) is 27.7 Å². The zero-order valence-electron chi connectivity index (χ0n) is 14.3. The molecule has 0 heterocycles. The van der Waals surface area contributed by atoms with Crippen molar-refractivity contribution in [3.63, 3.8) is 0 Å². The van der Waals surface area contributed by atoms with E-state index in [9.17, 15) is 9.59 Å². The molecule has 22 heavy (non-hydrogen) atoms. The number of rotatable bonds is 7. The Labute approximate surface area is 134 Å². The lowest BCUT2D eigenvalue weighted by molar-refractivity contribution is -0.138. The first-order valence-electron chi connectivity index (χ1n) is 8.20. The van der Waals surface area contributed by atoms with Crippen LogP contribution >= 0.6 is 0 Å². The summed E-state index contributed by atoms with van der Waals surface area (Å²) in [4.78, 5) is 23.6. The third kappa shape index (κ3) is 6.42. The van der Waals surface area contributed by atoms with Crippen molar-refractivity contribution in [1.82, 2.24) is 0 Å². The van der Waals surface area contributed by atoms with Crippen LogP contribution in [0.5, 0.6) is 0 Å². The molecule has 0 N–H and O–H groups in total. The highest BCUT2D eigenvalue weighted by Gasteiger charge is 2.16. The minimum atomic E-state index is -0.556. The molecule has 0 aliphatic heterocycles. The van der Waals surface area contributed by atoms with E-state index in [0.717, 1.165) is 24.8 Å². The van der Waals surface area contributed by atoms with Crippen LogP contribution in [0.2, 0.25) is 0 Å². The van der Waals surface area contributed by atoms with Crippen molar-refractivity contribution in [3.8, 4) is 0 Å². The van der Waals surface area contributed by atoms with Crippen LogP contribution in [-0.2, 0) is 14.9 Å². The van der Waals surface area contributed by atoms with E-state index in [-0.39, 0.29) is 5.41 Å². The fraction of sp³-hybridized carbons (Fsp3) is 0.579. The summed E-state index contributed by atoms with van der Waals surface area (Å²) in [5, 5.41) is 0. The normalized spacial score (nSPS) is 11.3. The molecule has 0 spiro atoms. The Morgan fingerprint density at radius 2 is 1.55 bits per heavy atom. The Morgan fingerprint density at radius 1 is 0.955 bits per heavy atom. The Bertz CT molecular complexity index is 480. The molecule has 0 aliphatic carbocycles. The summed E-state index contributed by atoms with van der Waals surface area (Å²) in [7, 11) is 0. The molecule has 3 heteroatoms. The monoisotopic (exact) mass is 304 g/mol. The Kier molecular flexibility index (Phi) is 7.30. The summed E-state index contributed by atoms with van der Waals surface area (Å²) in [5.41, 5.74) is 1.61. The van der Waals surface area contributed by atoms with Gasteiger partial charge >= 0.3 is 11.9 Å². The van der Waals surface area contributed by atoms with Crippen LogP contribution in [0, 0.1) is 0 Å². The number of ether oxygens (including phenoxy) is 1. The second-order valence-corrected chi connectivity index (χ2v) is 6.75. The molecule has 0 fully saturated rings. The summed E-state index contributed by atoms with van der Waals surface area (Å²) >= 11 is 0. The Balaban J connectivity index is 2.43. The Hall–Kier alpha value is -1.64. The highest BCUT2D eigenvalue weighted by atomic mass is 16.6. The van der Waals surface area contributed by atoms with E-state index in [1.807, 2.05) is 12.1 Å². The zero-order chi connectivity index (χ0) is 16.6. The molecule has 0 bridgehead atoms. The number of hydrogen-bond acceptors (Lipinski definition) is 3. The van der Waals surface area contributed by atoms with Gasteiger partial charge < -0.3 is 4.74 Å². The van der Waals surface area contributed by atoms with Gasteiger partial charge in [0.2, 0.25) is 0 Å². The van der Waals surface area contributed by atoms with Crippen molar-refractivity contribution in [2.75, 3.05) is 0 Å². The number of benzene rings is 1. The molecule has 0 unspecified atom stereocenters. The van der Waals surface area contributed by atoms with E-state index in [4.69, 9.17) is 4.74 Å². The van der Waals surface area contributed by atoms with E-state index < -0.39 is 11.9 Å². The molecule has 0 radical (unpaired) electrons. The van der Waals surface area contributed by atoms with Crippen molar-refractivity contribution in [2.24, 2.45) is 0 Å². The fourth-order valence-corrected chi connectivity index (χ4v) is 2.19. The van der Waals surface area contributed by atoms with Gasteiger partial charge in [0.1, 0.15) is 0 Å². The molecule has 0 saturated carbocycles. The van der Waals surface area contributed by atoms with Gasteiger partial charge in [0.25, 0.3) is 0 Å². The van der Waals surface area contributed by atoms with Gasteiger partial charge in [-0.1, -0.05) is 65.5 Å². The van der Waals surface area contributed by atoms with E-state index in [0.29, 0.717) is 12.0 Å². The quantitative estimate of drug-likeness (QED) is 0.403. The smallest absolute Gasteiger partial charge is 0.345 e. The molecular formula is C19H28O3. The van der Waals surface area contributed by atoms with Crippen molar-refractivity contribution >= 4 is 11.9 Å². The number of esters is 2. The first kappa shape index (κ1) is 18.4. The van der Waals surface area contributed by atoms with Gasteiger partial charge in [-0.3, -0.25) is 4.79 Å². The summed E-state index contributed by atoms with van der Waals surface area (Å²) < 4.78 is 4.89. The predicted octanol–water partition coefficient (Wildman–Crippen LogP) is 5.03. The third-order valence-electron chi connectivity index (χ3n) is 3.68. The van der Waals surface area contributed by atoms with Crippen molar-refractivity contribution in [2.45, 2.75) is 71.6 Å². The fourth-order valence-electron chi connectivity index (χ4n) is 2.19. The summed E-state index contributed by atoms with van der Waals surface area (Å²) in [6.07, 6.45) is 5.61. The topological polar surface area (TPSA) is 43.4 Å². The van der Waals surface area contributed by atoms with Gasteiger partial charge in [-0.25, -0.2) is 4.79 Å². The van der Waals surface area contributed by atoms with E-state index in [1.165, 1.54) is 12.8 Å². The Morgan fingerprint density at radius 3 is 2.09 bits per heavy atom. The lowest BCUT2D eigenvalue weighted by Gasteiger charge is -2.18. The van der Waals surface area contributed by atoms with Gasteiger partial charge in [0.05, 0.1) is 5.56 Å². The third-order valence-corrected chi connectivity index (χ3v) is 3.68. The van der Waals surface area contributed by atoms with Crippen LogP contribution in [0.25, 0.3) is 0 Å². The minimum Gasteiger partial charge on any atom is -0.389 e. The van der Waals surface area contributed by atoms with Gasteiger partial charge in [-0.2, -0.15) is 0 Å². The number of carbonyl (C=O) groups excluding carboxylic acids is 2. The van der Waals surface area contributed by atoms with Crippen molar-refractivity contribution in [3.05, 3.63) is 35.4 Å². The SMILES string of the molecule is CCCCCCCC(=O)OC(=O)c1ccc(C(C)(C)C)cc1. The molecule has 0 amide bonds. The number of unbranched alkanes of at least 4 members (excludes halogenated alkanes) is 4. The second kappa shape index (κ2) is 8.72. The van der Waals surface area contributed by atoms with Crippen LogP contribution in [0.3, 0.4) is 0 Å². The first-order valence-corrected chi connectivity index (χ1v) is 8.20. The summed E-state index contributed by atoms with van der Waals surface area (Å²) in [6.45, 7) is 8.49. The zero-order valence-corrected chi connectivity index (χ0v) is 14.3. The molecule has 0 aliphatic rings. The molecule has 1 aromatic rings. The van der Waals surface area contributed by atoms with Crippen molar-refractivity contribution in [1.29, 1.82) is 0 Å². The molecule has 1 aromatic carbocycles. The first-order chi connectivity index (χ1) is 10.3. The molecule has 0 atom stereocenters. The average molecular weight is 304 g/mol. The molecule has 122 valence electrons. The van der Waals surface area contributed by atoms with Gasteiger partial charge in [0.15, 0.2) is 0 Å². The second-order valence-electron chi connectivity index (χ2n) is 6.75. The van der Waals surface area contributed by atoms with Crippen LogP contribution in [-0.4, -0.2) is 11.9 Å². The molecule has 0 aromatic heterocycles. The number of carbonyl (C=O) groups is 2. The maximum Gasteiger partial charge on any atom is 0.345 e. The standard InChI is InChI=1S/C19H28O3/c1-5-6-7-8-9-10-17(20)22-18(21)15-11-13-16(14-12-15)19(2,3)4/h11-14H,5-10H2,1-4H3. The molecular weight excluding hydrogens is 276 g/mol. The highest BCUT2D eigenvalue weighted by Crippen LogP contribution is 2.22. The van der Waals surface area contributed by atoms with Gasteiger partial charge in [-0.05, 0) is 29.5 Å². The van der Waals surface area contributed by atoms with Gasteiger partial charge in [-0.15, -0.1) is 0 Å². The number of hydrogen-bond donors (Lipinski definition) is 0. The van der Waals surface area contributed by atoms with Crippen LogP contribution in [0.4, 0.5) is 0 Å². The molecule has 0 saturated heterocycles. The highest BCUT2D eigenvalue weighted by molar-refractivity contribution is 5.96. The van der Waals surface area contributed by atoms with Gasteiger partial charge in [0, 0.05) is 6.42 Å². The lowest BCUT2D eigenvalue weighted by Crippen LogP contribution is -2.14. The van der Waals surface area contributed by atoms with E-state index in [1.54, 1.807) is 12.1 Å². The predicted molar refractivity (Wildman–Crippen MR) is 88.9 cm³/mol. The summed E-state index contributed by atoms with van der Waals surface area (Å²) in [5.74, 6) is -0.986. The van der Waals surface area contributed by atoms with Crippen molar-refractivity contribution < 1.29 is 14.3 Å². The minimum absolute atomic E-state index is 0.0384. The molecule has 1 rings (SSSR count). The van der Waals surface area contributed by atoms with Crippen LogP contribution in [0.1, 0.15) is 82.1 Å². The average Bonchev–Trinajstić information content (AvgIpc) is 2.46. The van der Waals surface area contributed by atoms with Crippen LogP contribution in [0.15, 0.2) is 24.3 Å². The van der Waals surface area contributed by atoms with Crippen LogP contribution < -0.4 is 0 Å². The maximum absolute atomic E-state index is 11.9. The summed E-state index contributed by atoms with van der Waals surface area (Å²) in [6, 6.07) is 7.26. The largest absolute Gasteiger partial charge is 0.389 e. The maximum atomic E-state index is 11.9. The molecule has 3 nitrogen and oxygen atoms in total. The van der Waals surface area contributed by atoms with E-state index >= 15 is 0 Å².